The van der Waals surface area contributed by atoms with E-state index in [1.165, 1.54) is 12.2 Å². The van der Waals surface area contributed by atoms with Gasteiger partial charge in [0.25, 0.3) is 0 Å². The summed E-state index contributed by atoms with van der Waals surface area (Å²) in [6.45, 7) is 0.0289. The summed E-state index contributed by atoms with van der Waals surface area (Å²) in [6.07, 6.45) is 2.97. The van der Waals surface area contributed by atoms with Gasteiger partial charge in [0.1, 0.15) is 0 Å². The summed E-state index contributed by atoms with van der Waals surface area (Å²) in [7, 11) is 0. The number of carbonyl (C=O) groups excluding carboxylic acids is 2. The molecule has 0 unspecified atom stereocenters. The molecule has 0 aliphatic heterocycles. The molecule has 0 spiro atoms. The molecule has 14 heavy (non-hydrogen) atoms. The van der Waals surface area contributed by atoms with Crippen LogP contribution in [0.4, 0.5) is 9.59 Å². The van der Waals surface area contributed by atoms with Crippen molar-refractivity contribution in [3.8, 4) is 0 Å². The fraction of sp³-hybridized carbons (Fsp3) is 0.333. The van der Waals surface area contributed by atoms with Crippen molar-refractivity contribution >= 4 is 12.1 Å². The first-order valence-electron chi connectivity index (χ1n) is 3.35. The zero-order valence-corrected chi connectivity index (χ0v) is 7.59. The first-order valence-corrected chi connectivity index (χ1v) is 3.35. The molecule has 0 aromatic heterocycles. The highest BCUT2D eigenvalue weighted by atomic mass is 16.3. The topological polar surface area (TPSA) is 179 Å². The molecule has 0 rings (SSSR count). The second-order valence-electron chi connectivity index (χ2n) is 1.64. The Hall–Kier alpha value is -1.80. The molecule has 8 nitrogen and oxygen atoms in total. The van der Waals surface area contributed by atoms with Gasteiger partial charge in [-0.2, -0.15) is 0 Å². The zero-order chi connectivity index (χ0) is 12.0. The number of urea groups is 2. The van der Waals surface area contributed by atoms with Gasteiger partial charge in [-0.15, -0.1) is 0 Å². The SMILES string of the molecule is NC(N)=O.NC(N)=O.OCC=CCO. The summed E-state index contributed by atoms with van der Waals surface area (Å²) < 4.78 is 0. The van der Waals surface area contributed by atoms with E-state index in [1.807, 2.05) is 0 Å². The van der Waals surface area contributed by atoms with Gasteiger partial charge in [-0.1, -0.05) is 12.2 Å². The van der Waals surface area contributed by atoms with Crippen molar-refractivity contribution in [3.05, 3.63) is 12.2 Å². The monoisotopic (exact) mass is 208 g/mol. The molecule has 4 amide bonds. The first-order chi connectivity index (χ1) is 6.38. The molecular formula is C6H16N4O4. The van der Waals surface area contributed by atoms with Crippen molar-refractivity contribution in [1.82, 2.24) is 0 Å². The van der Waals surface area contributed by atoms with Crippen molar-refractivity contribution in [2.45, 2.75) is 0 Å². The first kappa shape index (κ1) is 18.1. The molecule has 0 fully saturated rings. The Morgan fingerprint density at radius 3 is 1.07 bits per heavy atom. The number of nitrogens with two attached hydrogens (primary N) is 4. The molecule has 0 saturated heterocycles. The van der Waals surface area contributed by atoms with Gasteiger partial charge in [-0.05, 0) is 0 Å². The summed E-state index contributed by atoms with van der Waals surface area (Å²) in [5.74, 6) is 0. The predicted molar refractivity (Wildman–Crippen MR) is 50.9 cm³/mol. The minimum absolute atomic E-state index is 0.0144. The third-order valence-corrected chi connectivity index (χ3v) is 0.377. The maximum absolute atomic E-state index is 9.00. The van der Waals surface area contributed by atoms with Gasteiger partial charge in [-0.3, -0.25) is 0 Å². The lowest BCUT2D eigenvalue weighted by atomic mass is 10.5. The summed E-state index contributed by atoms with van der Waals surface area (Å²) in [6, 6.07) is -1.67. The van der Waals surface area contributed by atoms with E-state index in [-0.39, 0.29) is 13.2 Å². The second kappa shape index (κ2) is 17.3. The normalized spacial score (nSPS) is 7.86. The van der Waals surface area contributed by atoms with Crippen LogP contribution in [0, 0.1) is 0 Å². The van der Waals surface area contributed by atoms with E-state index < -0.39 is 12.1 Å². The van der Waals surface area contributed by atoms with Gasteiger partial charge in [0.2, 0.25) is 0 Å². The van der Waals surface area contributed by atoms with Crippen LogP contribution < -0.4 is 22.9 Å². The third-order valence-electron chi connectivity index (χ3n) is 0.377. The molecule has 0 atom stereocenters. The van der Waals surface area contributed by atoms with E-state index in [1.54, 1.807) is 0 Å². The number of aliphatic hydroxyl groups is 2. The molecule has 0 aromatic rings. The standard InChI is InChI=1S/C4H8O2.2CH4N2O/c5-3-1-2-4-6;2*2-1(3)4/h1-2,5-6H,3-4H2;2*(H4,2,3,4). The molecule has 0 bridgehead atoms. The number of amides is 4. The molecule has 0 saturated carbocycles. The highest BCUT2D eigenvalue weighted by Gasteiger charge is 1.61. The largest absolute Gasteiger partial charge is 0.392 e. The maximum Gasteiger partial charge on any atom is 0.309 e. The van der Waals surface area contributed by atoms with Crippen LogP contribution in [0.25, 0.3) is 0 Å². The molecule has 0 heterocycles. The van der Waals surface area contributed by atoms with E-state index >= 15 is 0 Å². The Balaban J connectivity index is -0.000000135. The molecule has 0 aromatic carbocycles. The smallest absolute Gasteiger partial charge is 0.309 e. The van der Waals surface area contributed by atoms with Crippen LogP contribution in [-0.4, -0.2) is 35.5 Å². The Labute approximate surface area is 81.2 Å². The molecular weight excluding hydrogens is 192 g/mol. The molecule has 0 aliphatic rings. The summed E-state index contributed by atoms with van der Waals surface area (Å²) in [5, 5.41) is 16.0. The quantitative estimate of drug-likeness (QED) is 0.276. The highest BCUT2D eigenvalue weighted by molar-refractivity contribution is 5.69. The van der Waals surface area contributed by atoms with Crippen LogP contribution in [0.15, 0.2) is 12.2 Å². The number of carbonyl (C=O) groups is 2. The van der Waals surface area contributed by atoms with Crippen molar-refractivity contribution in [2.24, 2.45) is 22.9 Å². The van der Waals surface area contributed by atoms with E-state index in [4.69, 9.17) is 19.8 Å². The van der Waals surface area contributed by atoms with Gasteiger partial charge in [0, 0.05) is 0 Å². The highest BCUT2D eigenvalue weighted by Crippen LogP contribution is 1.63. The Morgan fingerprint density at radius 2 is 1.00 bits per heavy atom. The van der Waals surface area contributed by atoms with E-state index in [0.29, 0.717) is 0 Å². The maximum atomic E-state index is 9.00. The van der Waals surface area contributed by atoms with Gasteiger partial charge < -0.3 is 33.1 Å². The van der Waals surface area contributed by atoms with Crippen molar-refractivity contribution in [3.63, 3.8) is 0 Å². The summed E-state index contributed by atoms with van der Waals surface area (Å²) in [4.78, 5) is 18.0. The van der Waals surface area contributed by atoms with Crippen molar-refractivity contribution < 1.29 is 19.8 Å². The van der Waals surface area contributed by atoms with Crippen LogP contribution in [0.5, 0.6) is 0 Å². The minimum atomic E-state index is -0.833. The zero-order valence-electron chi connectivity index (χ0n) is 7.59. The molecule has 10 N–H and O–H groups in total. The summed E-state index contributed by atoms with van der Waals surface area (Å²) >= 11 is 0. The van der Waals surface area contributed by atoms with Crippen LogP contribution in [0.3, 0.4) is 0 Å². The molecule has 8 heteroatoms. The fourth-order valence-electron chi connectivity index (χ4n) is 0.149. The molecule has 0 radical (unpaired) electrons. The lowest BCUT2D eigenvalue weighted by Crippen LogP contribution is -2.18. The lowest BCUT2D eigenvalue weighted by molar-refractivity contribution is 0.255. The average Bonchev–Trinajstić information content (AvgIpc) is 1.98. The number of aliphatic hydroxyl groups excluding tert-OH is 2. The van der Waals surface area contributed by atoms with Crippen molar-refractivity contribution in [1.29, 1.82) is 0 Å². The Bertz CT molecular complexity index is 145. The molecule has 84 valence electrons. The van der Waals surface area contributed by atoms with Crippen LogP contribution in [0.2, 0.25) is 0 Å². The minimum Gasteiger partial charge on any atom is -0.392 e. The second-order valence-corrected chi connectivity index (χ2v) is 1.64. The lowest BCUT2D eigenvalue weighted by Gasteiger charge is -1.73. The number of hydrogen-bond donors (Lipinski definition) is 6. The fourth-order valence-corrected chi connectivity index (χ4v) is 0.149. The number of primary amides is 4. The Morgan fingerprint density at radius 1 is 0.857 bits per heavy atom. The van der Waals surface area contributed by atoms with Crippen LogP contribution >= 0.6 is 0 Å². The van der Waals surface area contributed by atoms with Crippen LogP contribution in [-0.2, 0) is 0 Å². The van der Waals surface area contributed by atoms with E-state index in [0.717, 1.165) is 0 Å². The number of hydrogen-bond acceptors (Lipinski definition) is 4. The Kier molecular flexibility index (Phi) is 22.4. The van der Waals surface area contributed by atoms with Gasteiger partial charge in [0.05, 0.1) is 13.2 Å². The van der Waals surface area contributed by atoms with E-state index in [2.05, 4.69) is 22.9 Å². The van der Waals surface area contributed by atoms with E-state index in [9.17, 15) is 0 Å². The van der Waals surface area contributed by atoms with Gasteiger partial charge >= 0.3 is 12.1 Å². The average molecular weight is 208 g/mol. The predicted octanol–water partition coefficient (Wildman–Crippen LogP) is -2.43. The third kappa shape index (κ3) is 600. The molecule has 0 aliphatic carbocycles. The summed E-state index contributed by atoms with van der Waals surface area (Å²) in [5.41, 5.74) is 17.0. The number of rotatable bonds is 2. The van der Waals surface area contributed by atoms with Crippen molar-refractivity contribution in [2.75, 3.05) is 13.2 Å². The van der Waals surface area contributed by atoms with Crippen LogP contribution in [0.1, 0.15) is 0 Å². The van der Waals surface area contributed by atoms with Gasteiger partial charge in [-0.25, -0.2) is 9.59 Å². The van der Waals surface area contributed by atoms with Gasteiger partial charge in [0.15, 0.2) is 0 Å².